The van der Waals surface area contributed by atoms with E-state index in [-0.39, 0.29) is 11.8 Å². The predicted octanol–water partition coefficient (Wildman–Crippen LogP) is 4.38. The molecule has 8 nitrogen and oxygen atoms in total. The lowest BCUT2D eigenvalue weighted by atomic mass is 9.99. The topological polar surface area (TPSA) is 96.4 Å². The Bertz CT molecular complexity index is 1430. The minimum absolute atomic E-state index is 0.179. The van der Waals surface area contributed by atoms with Gasteiger partial charge in [0.15, 0.2) is 0 Å². The van der Waals surface area contributed by atoms with Crippen molar-refractivity contribution in [3.05, 3.63) is 94.1 Å². The number of anilines is 1. The minimum atomic E-state index is -0.181. The summed E-state index contributed by atoms with van der Waals surface area (Å²) in [7, 11) is 3.62. The third-order valence-corrected chi connectivity index (χ3v) is 7.37. The molecule has 2 amide bonds. The molecule has 2 aromatic carbocycles. The van der Waals surface area contributed by atoms with Crippen LogP contribution in [-0.4, -0.2) is 47.4 Å². The van der Waals surface area contributed by atoms with Gasteiger partial charge in [-0.2, -0.15) is 0 Å². The van der Waals surface area contributed by atoms with Gasteiger partial charge in [-0.15, -0.1) is 11.3 Å². The zero-order valence-corrected chi connectivity index (χ0v) is 21.5. The van der Waals surface area contributed by atoms with Crippen molar-refractivity contribution < 1.29 is 14.3 Å². The number of likely N-dealkylation sites (N-methyl/N-ethyl adjacent to an activating group) is 1. The van der Waals surface area contributed by atoms with Crippen LogP contribution in [0.2, 0.25) is 0 Å². The van der Waals surface area contributed by atoms with Gasteiger partial charge in [0.2, 0.25) is 0 Å². The number of carbonyl (C=O) groups is 2. The lowest BCUT2D eigenvalue weighted by Crippen LogP contribution is -2.26. The first-order chi connectivity index (χ1) is 18.0. The van der Waals surface area contributed by atoms with Crippen molar-refractivity contribution in [1.29, 1.82) is 0 Å². The number of carbonyl (C=O) groups excluding carboxylic acids is 2. The predicted molar refractivity (Wildman–Crippen MR) is 144 cm³/mol. The number of rotatable bonds is 7. The van der Waals surface area contributed by atoms with Gasteiger partial charge >= 0.3 is 6.01 Å². The van der Waals surface area contributed by atoms with Crippen molar-refractivity contribution in [3.63, 3.8) is 0 Å². The fourth-order valence-electron chi connectivity index (χ4n) is 4.24. The largest absolute Gasteiger partial charge is 0.467 e. The summed E-state index contributed by atoms with van der Waals surface area (Å²) in [6.07, 6.45) is 4.35. The molecule has 0 saturated heterocycles. The minimum Gasteiger partial charge on any atom is -0.467 e. The molecule has 188 valence electrons. The molecule has 0 radical (unpaired) electrons. The van der Waals surface area contributed by atoms with Gasteiger partial charge in [-0.3, -0.25) is 9.59 Å². The maximum absolute atomic E-state index is 12.9. The number of methoxy groups -OCH3 is 1. The van der Waals surface area contributed by atoms with Crippen LogP contribution in [0, 0.1) is 0 Å². The number of benzene rings is 2. The van der Waals surface area contributed by atoms with Crippen molar-refractivity contribution in [2.75, 3.05) is 26.0 Å². The smallest absolute Gasteiger partial charge is 0.316 e. The summed E-state index contributed by atoms with van der Waals surface area (Å²) in [5, 5.41) is 5.94. The van der Waals surface area contributed by atoms with Crippen molar-refractivity contribution in [2.24, 2.45) is 0 Å². The highest BCUT2D eigenvalue weighted by Crippen LogP contribution is 2.28. The van der Waals surface area contributed by atoms with E-state index in [1.54, 1.807) is 30.6 Å². The lowest BCUT2D eigenvalue weighted by Gasteiger charge is -2.25. The molecule has 0 atom stereocenters. The van der Waals surface area contributed by atoms with E-state index in [1.165, 1.54) is 29.6 Å². The van der Waals surface area contributed by atoms with E-state index in [1.807, 2.05) is 24.3 Å². The van der Waals surface area contributed by atoms with Crippen molar-refractivity contribution in [3.8, 4) is 16.5 Å². The van der Waals surface area contributed by atoms with Gasteiger partial charge in [-0.05, 0) is 66.6 Å². The molecule has 0 aliphatic carbocycles. The highest BCUT2D eigenvalue weighted by molar-refractivity contribution is 7.17. The SMILES string of the molecule is COc1ncc(-c2ccc(C(=O)NCc3cccc(C(=O)Nc4ccc5c(c4)CN(C)CC5)c3)s2)cn1. The maximum atomic E-state index is 12.9. The van der Waals surface area contributed by atoms with E-state index < -0.39 is 0 Å². The van der Waals surface area contributed by atoms with E-state index in [9.17, 15) is 9.59 Å². The van der Waals surface area contributed by atoms with Gasteiger partial charge in [0.25, 0.3) is 11.8 Å². The standard InChI is InChI=1S/C28H27N5O3S/c1-33-11-10-19-6-7-23(13-21(19)17-33)32-26(34)20-5-3-4-18(12-20)14-29-27(35)25-9-8-24(37-25)22-15-30-28(36-2)31-16-22/h3-9,12-13,15-16H,10-11,14,17H2,1-2H3,(H,29,35)(H,32,34). The van der Waals surface area contributed by atoms with Crippen molar-refractivity contribution in [2.45, 2.75) is 19.5 Å². The molecule has 0 fully saturated rings. The molecule has 3 heterocycles. The second kappa shape index (κ2) is 10.9. The first-order valence-corrected chi connectivity index (χ1v) is 12.8. The molecule has 4 aromatic rings. The van der Waals surface area contributed by atoms with Crippen LogP contribution in [0.4, 0.5) is 5.69 Å². The zero-order chi connectivity index (χ0) is 25.8. The number of thiophene rings is 1. The number of fused-ring (bicyclic) bond motifs is 1. The summed E-state index contributed by atoms with van der Waals surface area (Å²) in [6.45, 7) is 2.24. The Labute approximate surface area is 219 Å². The van der Waals surface area contributed by atoms with Crippen LogP contribution in [0.5, 0.6) is 6.01 Å². The monoisotopic (exact) mass is 513 g/mol. The average Bonchev–Trinajstić information content (AvgIpc) is 3.42. The molecule has 0 saturated carbocycles. The Morgan fingerprint density at radius 2 is 1.86 bits per heavy atom. The third-order valence-electron chi connectivity index (χ3n) is 6.23. The molecule has 0 unspecified atom stereocenters. The first-order valence-electron chi connectivity index (χ1n) is 11.9. The summed E-state index contributed by atoms with van der Waals surface area (Å²) >= 11 is 1.36. The fourth-order valence-corrected chi connectivity index (χ4v) is 5.13. The fraction of sp³-hybridized carbons (Fsp3) is 0.214. The Kier molecular flexibility index (Phi) is 7.25. The van der Waals surface area contributed by atoms with Crippen molar-refractivity contribution in [1.82, 2.24) is 20.2 Å². The van der Waals surface area contributed by atoms with Crippen LogP contribution >= 0.6 is 11.3 Å². The third kappa shape index (κ3) is 5.84. The van der Waals surface area contributed by atoms with Gasteiger partial charge < -0.3 is 20.3 Å². The zero-order valence-electron chi connectivity index (χ0n) is 20.7. The highest BCUT2D eigenvalue weighted by atomic mass is 32.1. The van der Waals surface area contributed by atoms with Gasteiger partial charge in [-0.25, -0.2) is 9.97 Å². The van der Waals surface area contributed by atoms with Crippen molar-refractivity contribution >= 4 is 28.8 Å². The van der Waals surface area contributed by atoms with Crippen LogP contribution in [0.1, 0.15) is 36.7 Å². The highest BCUT2D eigenvalue weighted by Gasteiger charge is 2.15. The Hall–Kier alpha value is -4.08. The van der Waals surface area contributed by atoms with E-state index in [0.29, 0.717) is 23.0 Å². The number of amides is 2. The quantitative estimate of drug-likeness (QED) is 0.381. The lowest BCUT2D eigenvalue weighted by molar-refractivity contribution is 0.0954. The molecule has 0 spiro atoms. The maximum Gasteiger partial charge on any atom is 0.316 e. The molecule has 9 heteroatoms. The van der Waals surface area contributed by atoms with Crippen LogP contribution in [0.3, 0.4) is 0 Å². The van der Waals surface area contributed by atoms with Gasteiger partial charge in [0, 0.05) is 53.7 Å². The number of nitrogens with one attached hydrogen (secondary N) is 2. The second-order valence-corrected chi connectivity index (χ2v) is 10.0. The summed E-state index contributed by atoms with van der Waals surface area (Å²) in [5.41, 5.74) is 5.57. The Morgan fingerprint density at radius 3 is 2.68 bits per heavy atom. The molecule has 37 heavy (non-hydrogen) atoms. The van der Waals surface area contributed by atoms with Crippen LogP contribution in [0.25, 0.3) is 10.4 Å². The molecule has 5 rings (SSSR count). The number of hydrogen-bond acceptors (Lipinski definition) is 7. The van der Waals surface area contributed by atoms with Gasteiger partial charge in [-0.1, -0.05) is 18.2 Å². The normalized spacial score (nSPS) is 13.0. The molecule has 1 aliphatic heterocycles. The number of nitrogens with zero attached hydrogens (tertiary/aromatic N) is 3. The number of hydrogen-bond donors (Lipinski definition) is 2. The Morgan fingerprint density at radius 1 is 1.03 bits per heavy atom. The van der Waals surface area contributed by atoms with Gasteiger partial charge in [0.1, 0.15) is 0 Å². The molecular weight excluding hydrogens is 486 g/mol. The van der Waals surface area contributed by atoms with Crippen LogP contribution in [0.15, 0.2) is 67.0 Å². The molecular formula is C28H27N5O3S. The first kappa shape index (κ1) is 24.6. The van der Waals surface area contributed by atoms with Crippen LogP contribution in [-0.2, 0) is 19.5 Å². The number of aromatic nitrogens is 2. The Balaban J connectivity index is 1.20. The number of ether oxygens (including phenoxy) is 1. The average molecular weight is 514 g/mol. The molecule has 0 bridgehead atoms. The second-order valence-electron chi connectivity index (χ2n) is 8.93. The molecule has 1 aliphatic rings. The van der Waals surface area contributed by atoms with E-state index in [4.69, 9.17) is 4.74 Å². The molecule has 2 aromatic heterocycles. The van der Waals surface area contributed by atoms with E-state index in [2.05, 4.69) is 44.7 Å². The summed E-state index contributed by atoms with van der Waals surface area (Å²) in [4.78, 5) is 37.6. The van der Waals surface area contributed by atoms with Gasteiger partial charge in [0.05, 0.1) is 12.0 Å². The van der Waals surface area contributed by atoms with E-state index in [0.717, 1.165) is 41.2 Å². The molecule has 2 N–H and O–H groups in total. The summed E-state index contributed by atoms with van der Waals surface area (Å²) < 4.78 is 4.99. The summed E-state index contributed by atoms with van der Waals surface area (Å²) in [5.74, 6) is -0.360. The van der Waals surface area contributed by atoms with Crippen LogP contribution < -0.4 is 15.4 Å². The van der Waals surface area contributed by atoms with E-state index >= 15 is 0 Å². The summed E-state index contributed by atoms with van der Waals surface area (Å²) in [6, 6.07) is 17.3.